The summed E-state index contributed by atoms with van der Waals surface area (Å²) < 4.78 is 5.94. The number of hydrogen-bond acceptors (Lipinski definition) is 6. The molecular weight excluding hydrogens is 280 g/mol. The lowest BCUT2D eigenvalue weighted by atomic mass is 10.0. The minimum absolute atomic E-state index is 0.00406. The van der Waals surface area contributed by atoms with Crippen LogP contribution in [0.3, 0.4) is 0 Å². The van der Waals surface area contributed by atoms with Crippen molar-refractivity contribution in [2.75, 3.05) is 18.6 Å². The molecule has 22 heavy (non-hydrogen) atoms. The second-order valence-electron chi connectivity index (χ2n) is 5.37. The topological polar surface area (TPSA) is 79.8 Å². The number of nitrogens with zero attached hydrogens (tertiary/aromatic N) is 5. The van der Waals surface area contributed by atoms with Crippen LogP contribution in [0.4, 0.5) is 5.82 Å². The van der Waals surface area contributed by atoms with Crippen LogP contribution in [-0.2, 0) is 4.74 Å². The Morgan fingerprint density at radius 1 is 1.32 bits per heavy atom. The molecule has 0 aliphatic carbocycles. The monoisotopic (exact) mass is 296 g/mol. The van der Waals surface area contributed by atoms with Gasteiger partial charge in [0.1, 0.15) is 18.2 Å². The molecule has 0 saturated carbocycles. The predicted octanol–water partition coefficient (Wildman–Crippen LogP) is 1.71. The largest absolute Gasteiger partial charge is 0.371 e. The first-order valence-electron chi connectivity index (χ1n) is 7.23. The lowest BCUT2D eigenvalue weighted by Crippen LogP contribution is -2.34. The molecule has 1 fully saturated rings. The maximum absolute atomic E-state index is 5.94. The van der Waals surface area contributed by atoms with E-state index in [2.05, 4.69) is 36.1 Å². The molecule has 4 heterocycles. The van der Waals surface area contributed by atoms with E-state index in [1.54, 1.807) is 18.7 Å². The van der Waals surface area contributed by atoms with Crippen LogP contribution in [0.1, 0.15) is 18.1 Å². The van der Waals surface area contributed by atoms with E-state index < -0.39 is 0 Å². The van der Waals surface area contributed by atoms with Gasteiger partial charge >= 0.3 is 0 Å². The number of aromatic nitrogens is 5. The Hall–Kier alpha value is -2.54. The maximum Gasteiger partial charge on any atom is 0.160 e. The number of nitrogens with one attached hydrogen (secondary N) is 1. The summed E-state index contributed by atoms with van der Waals surface area (Å²) in [5.41, 5.74) is 1.84. The van der Waals surface area contributed by atoms with Crippen LogP contribution in [0.25, 0.3) is 11.0 Å². The fourth-order valence-corrected chi connectivity index (χ4v) is 3.03. The van der Waals surface area contributed by atoms with Gasteiger partial charge in [0.05, 0.1) is 17.6 Å². The first-order chi connectivity index (χ1) is 10.8. The summed E-state index contributed by atoms with van der Waals surface area (Å²) in [4.78, 5) is 15.0. The zero-order valence-corrected chi connectivity index (χ0v) is 12.2. The Labute approximate surface area is 127 Å². The summed E-state index contributed by atoms with van der Waals surface area (Å²) in [6.45, 7) is 0.730. The van der Waals surface area contributed by atoms with E-state index in [-0.39, 0.29) is 12.1 Å². The highest BCUT2D eigenvalue weighted by Gasteiger charge is 2.34. The van der Waals surface area contributed by atoms with E-state index in [1.807, 2.05) is 19.3 Å². The van der Waals surface area contributed by atoms with E-state index >= 15 is 0 Å². The third-order valence-electron chi connectivity index (χ3n) is 4.13. The van der Waals surface area contributed by atoms with Gasteiger partial charge in [-0.3, -0.25) is 10.1 Å². The van der Waals surface area contributed by atoms with Crippen LogP contribution in [0.5, 0.6) is 0 Å². The van der Waals surface area contributed by atoms with E-state index in [1.165, 1.54) is 0 Å². The first kappa shape index (κ1) is 13.1. The molecule has 0 unspecified atom stereocenters. The second-order valence-corrected chi connectivity index (χ2v) is 5.37. The highest BCUT2D eigenvalue weighted by Crippen LogP contribution is 2.35. The Balaban J connectivity index is 1.70. The van der Waals surface area contributed by atoms with Crippen LogP contribution < -0.4 is 4.90 Å². The van der Waals surface area contributed by atoms with Gasteiger partial charge in [-0.25, -0.2) is 9.97 Å². The molecule has 7 nitrogen and oxygen atoms in total. The average molecular weight is 296 g/mol. The molecule has 0 aromatic carbocycles. The Morgan fingerprint density at radius 2 is 2.27 bits per heavy atom. The number of rotatable bonds is 3. The maximum atomic E-state index is 5.94. The Kier molecular flexibility index (Phi) is 3.19. The lowest BCUT2D eigenvalue weighted by molar-refractivity contribution is 0.104. The van der Waals surface area contributed by atoms with Crippen molar-refractivity contribution in [3.05, 3.63) is 42.6 Å². The number of ether oxygens (including phenoxy) is 1. The minimum atomic E-state index is -0.00406. The van der Waals surface area contributed by atoms with Gasteiger partial charge in [0.15, 0.2) is 5.65 Å². The lowest BCUT2D eigenvalue weighted by Gasteiger charge is -2.29. The van der Waals surface area contributed by atoms with Gasteiger partial charge in [-0.1, -0.05) is 6.07 Å². The van der Waals surface area contributed by atoms with E-state index in [4.69, 9.17) is 4.74 Å². The summed E-state index contributed by atoms with van der Waals surface area (Å²) in [7, 11) is 2.04. The van der Waals surface area contributed by atoms with Crippen molar-refractivity contribution in [3.8, 4) is 0 Å². The highest BCUT2D eigenvalue weighted by molar-refractivity contribution is 5.86. The standard InChI is InChI=1S/C15H16N6O/c1-21(15-11-8-19-20-14(11)17-9-18-15)12-4-6-22-13(12)10-3-2-5-16-7-10/h2-3,5,7-9,12-13H,4,6H2,1H3,(H,17,18,19,20)/t12-,13+/m0/s1. The third-order valence-corrected chi connectivity index (χ3v) is 4.13. The average Bonchev–Trinajstić information content (AvgIpc) is 3.23. The number of H-pyrrole nitrogens is 1. The molecule has 0 radical (unpaired) electrons. The van der Waals surface area contributed by atoms with Crippen molar-refractivity contribution in [2.45, 2.75) is 18.6 Å². The quantitative estimate of drug-likeness (QED) is 0.792. The Morgan fingerprint density at radius 3 is 3.14 bits per heavy atom. The van der Waals surface area contributed by atoms with Gasteiger partial charge < -0.3 is 9.64 Å². The molecule has 3 aromatic rings. The van der Waals surface area contributed by atoms with Crippen LogP contribution >= 0.6 is 0 Å². The van der Waals surface area contributed by atoms with Crippen molar-refractivity contribution in [3.63, 3.8) is 0 Å². The molecule has 1 saturated heterocycles. The van der Waals surface area contributed by atoms with Crippen LogP contribution in [-0.4, -0.2) is 44.8 Å². The van der Waals surface area contributed by atoms with Crippen molar-refractivity contribution in [1.29, 1.82) is 0 Å². The molecule has 1 aliphatic rings. The van der Waals surface area contributed by atoms with E-state index in [9.17, 15) is 0 Å². The van der Waals surface area contributed by atoms with Crippen LogP contribution in [0.15, 0.2) is 37.1 Å². The zero-order valence-electron chi connectivity index (χ0n) is 12.2. The highest BCUT2D eigenvalue weighted by atomic mass is 16.5. The second kappa shape index (κ2) is 5.34. The molecule has 0 bridgehead atoms. The van der Waals surface area contributed by atoms with Gasteiger partial charge in [-0.2, -0.15) is 5.10 Å². The van der Waals surface area contributed by atoms with Gasteiger partial charge in [0, 0.05) is 31.6 Å². The molecule has 3 aromatic heterocycles. The van der Waals surface area contributed by atoms with Crippen LogP contribution in [0.2, 0.25) is 0 Å². The number of aromatic amines is 1. The van der Waals surface area contributed by atoms with Gasteiger partial charge in [0.25, 0.3) is 0 Å². The summed E-state index contributed by atoms with van der Waals surface area (Å²) in [5, 5.41) is 7.85. The number of likely N-dealkylation sites (N-methyl/N-ethyl adjacent to an activating group) is 1. The number of pyridine rings is 1. The molecule has 2 atom stereocenters. The molecule has 0 amide bonds. The fraction of sp³-hybridized carbons (Fsp3) is 0.333. The summed E-state index contributed by atoms with van der Waals surface area (Å²) in [6.07, 6.45) is 7.90. The number of anilines is 1. The smallest absolute Gasteiger partial charge is 0.160 e. The van der Waals surface area contributed by atoms with Gasteiger partial charge in [-0.05, 0) is 12.5 Å². The first-order valence-corrected chi connectivity index (χ1v) is 7.23. The number of hydrogen-bond donors (Lipinski definition) is 1. The zero-order chi connectivity index (χ0) is 14.9. The predicted molar refractivity (Wildman–Crippen MR) is 81.4 cm³/mol. The molecule has 1 N–H and O–H groups in total. The molecule has 1 aliphatic heterocycles. The molecule has 4 rings (SSSR count). The molecule has 0 spiro atoms. The molecule has 7 heteroatoms. The molecule has 112 valence electrons. The van der Waals surface area contributed by atoms with E-state index in [0.29, 0.717) is 0 Å². The van der Waals surface area contributed by atoms with Crippen molar-refractivity contribution in [1.82, 2.24) is 25.1 Å². The van der Waals surface area contributed by atoms with Crippen LogP contribution in [0, 0.1) is 0 Å². The summed E-state index contributed by atoms with van der Waals surface area (Å²) >= 11 is 0. The normalized spacial score (nSPS) is 21.3. The minimum Gasteiger partial charge on any atom is -0.371 e. The molecular formula is C15H16N6O. The summed E-state index contributed by atoms with van der Waals surface area (Å²) in [5.74, 6) is 0.864. The van der Waals surface area contributed by atoms with E-state index in [0.717, 1.165) is 35.4 Å². The third kappa shape index (κ3) is 2.10. The van der Waals surface area contributed by atoms with Gasteiger partial charge in [0.2, 0.25) is 0 Å². The van der Waals surface area contributed by atoms with Crippen molar-refractivity contribution < 1.29 is 4.74 Å². The van der Waals surface area contributed by atoms with Gasteiger partial charge in [-0.15, -0.1) is 0 Å². The van der Waals surface area contributed by atoms with Crippen molar-refractivity contribution >= 4 is 16.9 Å². The Bertz CT molecular complexity index is 774. The van der Waals surface area contributed by atoms with Crippen molar-refractivity contribution in [2.24, 2.45) is 0 Å². The SMILES string of the molecule is CN(c1ncnc2[nH]ncc12)[C@H]1CCO[C@@H]1c1cccnc1. The fourth-order valence-electron chi connectivity index (χ4n) is 3.03. The summed E-state index contributed by atoms with van der Waals surface area (Å²) in [6, 6.07) is 4.20. The number of fused-ring (bicyclic) bond motifs is 1.